The van der Waals surface area contributed by atoms with Gasteiger partial charge in [0.2, 0.25) is 10.0 Å². The van der Waals surface area contributed by atoms with Gasteiger partial charge in [0.15, 0.2) is 0 Å². The van der Waals surface area contributed by atoms with Crippen LogP contribution in [-0.4, -0.2) is 19.3 Å². The zero-order valence-corrected chi connectivity index (χ0v) is 15.6. The molecule has 0 bridgehead atoms. The second-order valence-corrected chi connectivity index (χ2v) is 9.18. The molecule has 4 rings (SSSR count). The molecule has 1 aliphatic rings. The average molecular weight is 370 g/mol. The first-order valence-corrected chi connectivity index (χ1v) is 10.6. The summed E-state index contributed by atoms with van der Waals surface area (Å²) in [6, 6.07) is 18.7. The van der Waals surface area contributed by atoms with Crippen molar-refractivity contribution in [1.29, 1.82) is 0 Å². The van der Waals surface area contributed by atoms with E-state index in [1.54, 1.807) is 39.9 Å². The minimum absolute atomic E-state index is 0.263. The summed E-state index contributed by atoms with van der Waals surface area (Å²) in [5.41, 5.74) is 3.30. The third-order valence-corrected chi connectivity index (χ3v) is 7.54. The van der Waals surface area contributed by atoms with Crippen LogP contribution in [-0.2, 0) is 16.4 Å². The molecule has 3 aromatic rings. The van der Waals surface area contributed by atoms with Gasteiger partial charge in [-0.3, -0.25) is 0 Å². The number of hydrogen-bond acceptors (Lipinski definition) is 3. The molecule has 0 amide bonds. The molecule has 3 nitrogen and oxygen atoms in total. The summed E-state index contributed by atoms with van der Waals surface area (Å²) in [6.07, 6.45) is 0.765. The van der Waals surface area contributed by atoms with Crippen LogP contribution < -0.4 is 0 Å². The largest absolute Gasteiger partial charge is 0.243 e. The number of thiophene rings is 1. The van der Waals surface area contributed by atoms with E-state index in [0.717, 1.165) is 17.5 Å². The second kappa shape index (κ2) is 6.41. The number of nitrogens with zero attached hydrogens (tertiary/aromatic N) is 1. The third-order valence-electron chi connectivity index (χ3n) is 4.66. The molecule has 128 valence electrons. The second-order valence-electron chi connectivity index (χ2n) is 6.29. The number of aryl methyl sites for hydroxylation is 1. The lowest BCUT2D eigenvalue weighted by molar-refractivity contribution is 0.347. The number of rotatable bonds is 3. The Labute approximate surface area is 152 Å². The predicted octanol–water partition coefficient (Wildman–Crippen LogP) is 4.39. The van der Waals surface area contributed by atoms with E-state index in [4.69, 9.17) is 0 Å². The van der Waals surface area contributed by atoms with Crippen molar-refractivity contribution in [1.82, 2.24) is 4.31 Å². The zero-order valence-electron chi connectivity index (χ0n) is 13.9. The minimum atomic E-state index is -3.55. The van der Waals surface area contributed by atoms with Gasteiger partial charge >= 0.3 is 0 Å². The molecule has 25 heavy (non-hydrogen) atoms. The van der Waals surface area contributed by atoms with Crippen molar-refractivity contribution < 1.29 is 8.42 Å². The van der Waals surface area contributed by atoms with Crippen molar-refractivity contribution in [3.8, 4) is 0 Å². The van der Waals surface area contributed by atoms with Gasteiger partial charge in [-0.25, -0.2) is 8.42 Å². The lowest BCUT2D eigenvalue weighted by Crippen LogP contribution is -2.40. The van der Waals surface area contributed by atoms with Gasteiger partial charge < -0.3 is 0 Å². The van der Waals surface area contributed by atoms with Crippen molar-refractivity contribution in [2.45, 2.75) is 24.3 Å². The van der Waals surface area contributed by atoms with Gasteiger partial charge in [-0.2, -0.15) is 4.31 Å². The Morgan fingerprint density at radius 2 is 1.72 bits per heavy atom. The zero-order chi connectivity index (χ0) is 17.4. The van der Waals surface area contributed by atoms with Gasteiger partial charge in [-0.1, -0.05) is 48.0 Å². The number of sulfonamides is 1. The van der Waals surface area contributed by atoms with Crippen LogP contribution in [0.15, 0.2) is 70.9 Å². The minimum Gasteiger partial charge on any atom is -0.207 e. The molecule has 0 saturated heterocycles. The van der Waals surface area contributed by atoms with Crippen molar-refractivity contribution in [3.63, 3.8) is 0 Å². The lowest BCUT2D eigenvalue weighted by Gasteiger charge is -2.35. The highest BCUT2D eigenvalue weighted by Crippen LogP contribution is 2.40. The normalized spacial score (nSPS) is 18.0. The van der Waals surface area contributed by atoms with Crippen LogP contribution in [0, 0.1) is 6.92 Å². The molecule has 1 aliphatic heterocycles. The standard InChI is InChI=1S/C20H19NO2S2/c1-15-7-9-16(10-8-15)20-18-12-14-24-19(18)11-13-21(20)25(22,23)17-5-3-2-4-6-17/h2-10,12,14,20H,11,13H2,1H3/t20-/m1/s1. The number of fused-ring (bicyclic) bond motifs is 1. The molecule has 2 aromatic carbocycles. The molecule has 0 radical (unpaired) electrons. The Hall–Kier alpha value is -1.95. The Morgan fingerprint density at radius 1 is 1.00 bits per heavy atom. The van der Waals surface area contributed by atoms with Crippen LogP contribution in [0.25, 0.3) is 0 Å². The van der Waals surface area contributed by atoms with Crippen LogP contribution in [0.3, 0.4) is 0 Å². The highest BCUT2D eigenvalue weighted by Gasteiger charge is 2.37. The van der Waals surface area contributed by atoms with Crippen molar-refractivity contribution in [2.24, 2.45) is 0 Å². The summed E-state index contributed by atoms with van der Waals surface area (Å²) in [5.74, 6) is 0. The first-order valence-electron chi connectivity index (χ1n) is 8.27. The maximum atomic E-state index is 13.3. The summed E-state index contributed by atoms with van der Waals surface area (Å²) in [5, 5.41) is 2.06. The van der Waals surface area contributed by atoms with Crippen LogP contribution in [0.4, 0.5) is 0 Å². The Balaban J connectivity index is 1.85. The van der Waals surface area contributed by atoms with E-state index in [-0.39, 0.29) is 6.04 Å². The fourth-order valence-corrected chi connectivity index (χ4v) is 5.89. The van der Waals surface area contributed by atoms with Crippen molar-refractivity contribution >= 4 is 21.4 Å². The molecule has 1 atom stereocenters. The fourth-order valence-electron chi connectivity index (χ4n) is 3.37. The van der Waals surface area contributed by atoms with Gasteiger partial charge in [0.1, 0.15) is 0 Å². The number of benzene rings is 2. The van der Waals surface area contributed by atoms with E-state index in [9.17, 15) is 8.42 Å². The summed E-state index contributed by atoms with van der Waals surface area (Å²) in [4.78, 5) is 1.64. The third kappa shape index (κ3) is 2.92. The van der Waals surface area contributed by atoms with Gasteiger partial charge in [0.05, 0.1) is 10.9 Å². The smallest absolute Gasteiger partial charge is 0.207 e. The van der Waals surface area contributed by atoms with Gasteiger partial charge in [-0.15, -0.1) is 11.3 Å². The van der Waals surface area contributed by atoms with E-state index in [1.807, 2.05) is 37.3 Å². The topological polar surface area (TPSA) is 37.4 Å². The van der Waals surface area contributed by atoms with Crippen LogP contribution in [0.1, 0.15) is 27.6 Å². The molecule has 0 unspecified atom stereocenters. The molecule has 1 aromatic heterocycles. The van der Waals surface area contributed by atoms with Gasteiger partial charge in [-0.05, 0) is 48.1 Å². The first-order chi connectivity index (χ1) is 12.1. The van der Waals surface area contributed by atoms with E-state index >= 15 is 0 Å². The van der Waals surface area contributed by atoms with Crippen LogP contribution in [0.5, 0.6) is 0 Å². The monoisotopic (exact) mass is 369 g/mol. The van der Waals surface area contributed by atoms with Gasteiger partial charge in [0, 0.05) is 11.4 Å². The lowest BCUT2D eigenvalue weighted by atomic mass is 9.95. The summed E-state index contributed by atoms with van der Waals surface area (Å²) in [6.45, 7) is 2.54. The quantitative estimate of drug-likeness (QED) is 0.686. The predicted molar refractivity (Wildman–Crippen MR) is 101 cm³/mol. The van der Waals surface area contributed by atoms with E-state index in [2.05, 4.69) is 11.4 Å². The number of hydrogen-bond donors (Lipinski definition) is 0. The molecular formula is C20H19NO2S2. The van der Waals surface area contributed by atoms with E-state index < -0.39 is 10.0 Å². The Kier molecular flexibility index (Phi) is 4.23. The van der Waals surface area contributed by atoms with E-state index in [1.165, 1.54) is 10.4 Å². The van der Waals surface area contributed by atoms with Gasteiger partial charge in [0.25, 0.3) is 0 Å². The van der Waals surface area contributed by atoms with E-state index in [0.29, 0.717) is 11.4 Å². The molecule has 0 fully saturated rings. The molecule has 0 N–H and O–H groups in total. The SMILES string of the molecule is Cc1ccc([C@@H]2c3ccsc3CCN2S(=O)(=O)c2ccccc2)cc1. The first kappa shape index (κ1) is 16.5. The Bertz CT molecular complexity index is 976. The summed E-state index contributed by atoms with van der Waals surface area (Å²) >= 11 is 1.71. The molecule has 2 heterocycles. The average Bonchev–Trinajstić information content (AvgIpc) is 3.11. The fraction of sp³-hybridized carbons (Fsp3) is 0.200. The van der Waals surface area contributed by atoms with Crippen LogP contribution in [0.2, 0.25) is 0 Å². The van der Waals surface area contributed by atoms with Crippen molar-refractivity contribution in [3.05, 3.63) is 87.6 Å². The Morgan fingerprint density at radius 3 is 2.44 bits per heavy atom. The van der Waals surface area contributed by atoms with Crippen molar-refractivity contribution in [2.75, 3.05) is 6.54 Å². The maximum Gasteiger partial charge on any atom is 0.243 e. The summed E-state index contributed by atoms with van der Waals surface area (Å²) < 4.78 is 28.3. The maximum absolute atomic E-state index is 13.3. The van der Waals surface area contributed by atoms with Crippen LogP contribution >= 0.6 is 11.3 Å². The molecule has 0 aliphatic carbocycles. The molecule has 5 heteroatoms. The molecule has 0 spiro atoms. The molecular weight excluding hydrogens is 350 g/mol. The summed E-state index contributed by atoms with van der Waals surface area (Å²) in [7, 11) is -3.55. The highest BCUT2D eigenvalue weighted by molar-refractivity contribution is 7.89. The highest BCUT2D eigenvalue weighted by atomic mass is 32.2. The molecule has 0 saturated carbocycles.